The van der Waals surface area contributed by atoms with Gasteiger partial charge in [-0.15, -0.1) is 0 Å². The lowest BCUT2D eigenvalue weighted by Gasteiger charge is -2.27. The average Bonchev–Trinajstić information content (AvgIpc) is 3.70. The molecule has 2 aromatic rings. The number of nitrogens with one attached hydrogen (secondary N) is 1. The Labute approximate surface area is 223 Å². The number of carbonyl (C=O) groups excluding carboxylic acids is 3. The number of hydrazone groups is 2. The molecule has 1 N–H and O–H groups in total. The second kappa shape index (κ2) is 12.6. The molecule has 5 heterocycles. The fourth-order valence-electron chi connectivity index (χ4n) is 3.57. The number of imide groups is 1. The zero-order valence-electron chi connectivity index (χ0n) is 20.6. The van der Waals surface area contributed by atoms with Crippen LogP contribution < -0.4 is 5.32 Å². The molecule has 19 heteroatoms. The highest BCUT2D eigenvalue weighted by atomic mass is 16.7. The standard InChI is InChI=1S/C13H16N4O6.C8H6N4O5/c18-13-16(14-7-10-1-2-12(22-10)17(19)20)9-11(23-13)8-15-3-5-21-6-4-15;13-6-4-11(8(14)10-6)9-3-5-1-2-7(17-5)12(15)16/h1-2,7,11H,3-6,8-9H2;1-3H,4H2,(H,10,13,14)/b;9-3+. The van der Waals surface area contributed by atoms with Crippen molar-refractivity contribution >= 4 is 42.2 Å². The summed E-state index contributed by atoms with van der Waals surface area (Å²) in [7, 11) is 0. The largest absolute Gasteiger partial charge is 0.441 e. The quantitative estimate of drug-likeness (QED) is 0.203. The number of amides is 4. The molecular formula is C21H22N8O11. The Morgan fingerprint density at radius 1 is 0.925 bits per heavy atom. The topological polar surface area (TPSA) is 229 Å². The Morgan fingerprint density at radius 3 is 2.00 bits per heavy atom. The smallest absolute Gasteiger partial charge is 0.433 e. The van der Waals surface area contributed by atoms with Crippen LogP contribution in [0.5, 0.6) is 0 Å². The Kier molecular flexibility index (Phi) is 8.76. The molecule has 19 nitrogen and oxygen atoms in total. The SMILES string of the molecule is O=C1CN(/N=C/c2ccc([N+](=O)[O-])o2)C(=O)N1.O=C1OC(CN2CCOCC2)CN1N=Cc1ccc([N+](=O)[O-])o1. The number of furan rings is 2. The van der Waals surface area contributed by atoms with Gasteiger partial charge in [0.2, 0.25) is 5.91 Å². The molecule has 2 aromatic heterocycles. The normalized spacial score (nSPS) is 19.7. The predicted molar refractivity (Wildman–Crippen MR) is 130 cm³/mol. The van der Waals surface area contributed by atoms with Gasteiger partial charge < -0.3 is 18.3 Å². The molecule has 3 aliphatic heterocycles. The van der Waals surface area contributed by atoms with Crippen LogP contribution >= 0.6 is 0 Å². The van der Waals surface area contributed by atoms with Crippen LogP contribution in [0.3, 0.4) is 0 Å². The van der Waals surface area contributed by atoms with Crippen molar-refractivity contribution in [3.05, 3.63) is 56.0 Å². The van der Waals surface area contributed by atoms with Gasteiger partial charge in [-0.3, -0.25) is 35.2 Å². The van der Waals surface area contributed by atoms with Gasteiger partial charge in [0, 0.05) is 19.6 Å². The zero-order chi connectivity index (χ0) is 28.6. The fraction of sp³-hybridized carbons (Fsp3) is 0.381. The van der Waals surface area contributed by atoms with Crippen molar-refractivity contribution in [2.45, 2.75) is 6.10 Å². The number of rotatable bonds is 8. The molecule has 5 rings (SSSR count). The summed E-state index contributed by atoms with van der Waals surface area (Å²) in [6.07, 6.45) is 1.57. The van der Waals surface area contributed by atoms with E-state index in [9.17, 15) is 34.6 Å². The summed E-state index contributed by atoms with van der Waals surface area (Å²) in [5.41, 5.74) is 0. The summed E-state index contributed by atoms with van der Waals surface area (Å²) in [6.45, 7) is 3.77. The highest BCUT2D eigenvalue weighted by molar-refractivity contribution is 6.02. The first kappa shape index (κ1) is 27.9. The van der Waals surface area contributed by atoms with Crippen molar-refractivity contribution < 1.29 is 42.5 Å². The van der Waals surface area contributed by atoms with Crippen LogP contribution in [-0.4, -0.2) is 107 Å². The van der Waals surface area contributed by atoms with E-state index in [-0.39, 0.29) is 30.1 Å². The van der Waals surface area contributed by atoms with Crippen LogP contribution in [0.1, 0.15) is 11.5 Å². The van der Waals surface area contributed by atoms with Gasteiger partial charge in [0.05, 0.1) is 44.3 Å². The Bertz CT molecular complexity index is 1330. The maximum atomic E-state index is 11.8. The van der Waals surface area contributed by atoms with E-state index in [1.165, 1.54) is 29.4 Å². The van der Waals surface area contributed by atoms with E-state index in [1.807, 2.05) is 5.32 Å². The molecule has 0 radical (unpaired) electrons. The van der Waals surface area contributed by atoms with Gasteiger partial charge in [0.15, 0.2) is 11.5 Å². The maximum Gasteiger partial charge on any atom is 0.433 e. The first-order valence-electron chi connectivity index (χ1n) is 11.6. The third kappa shape index (κ3) is 7.45. The van der Waals surface area contributed by atoms with Gasteiger partial charge in [0.1, 0.15) is 22.5 Å². The monoisotopic (exact) mass is 562 g/mol. The van der Waals surface area contributed by atoms with Crippen molar-refractivity contribution in [2.24, 2.45) is 10.2 Å². The minimum atomic E-state index is -0.691. The van der Waals surface area contributed by atoms with Crippen molar-refractivity contribution in [1.82, 2.24) is 20.2 Å². The lowest BCUT2D eigenvalue weighted by molar-refractivity contribution is -0.402. The number of nitrogens with zero attached hydrogens (tertiary/aromatic N) is 7. The van der Waals surface area contributed by atoms with E-state index < -0.39 is 33.8 Å². The van der Waals surface area contributed by atoms with E-state index in [0.29, 0.717) is 26.3 Å². The summed E-state index contributed by atoms with van der Waals surface area (Å²) >= 11 is 0. The van der Waals surface area contributed by atoms with Crippen LogP contribution in [0, 0.1) is 20.2 Å². The molecule has 0 aliphatic carbocycles. The minimum Gasteiger partial charge on any atom is -0.441 e. The summed E-state index contributed by atoms with van der Waals surface area (Å²) < 4.78 is 20.2. The van der Waals surface area contributed by atoms with Crippen molar-refractivity contribution in [2.75, 3.05) is 45.9 Å². The van der Waals surface area contributed by atoms with Gasteiger partial charge in [0.25, 0.3) is 0 Å². The number of hydrogen-bond donors (Lipinski definition) is 1. The molecule has 1 atom stereocenters. The third-order valence-electron chi connectivity index (χ3n) is 5.43. The molecular weight excluding hydrogens is 540 g/mol. The van der Waals surface area contributed by atoms with Crippen LogP contribution in [0.15, 0.2) is 43.3 Å². The number of morpholine rings is 1. The second-order valence-electron chi connectivity index (χ2n) is 8.27. The molecule has 0 bridgehead atoms. The van der Waals surface area contributed by atoms with Gasteiger partial charge in [-0.1, -0.05) is 0 Å². The minimum absolute atomic E-state index is 0.115. The van der Waals surface area contributed by atoms with Gasteiger partial charge in [-0.05, 0) is 12.1 Å². The molecule has 0 saturated carbocycles. The van der Waals surface area contributed by atoms with E-state index in [1.54, 1.807) is 0 Å². The van der Waals surface area contributed by atoms with Gasteiger partial charge in [-0.25, -0.2) is 14.6 Å². The van der Waals surface area contributed by atoms with Crippen LogP contribution in [0.2, 0.25) is 0 Å². The van der Waals surface area contributed by atoms with E-state index in [0.717, 1.165) is 30.4 Å². The first-order valence-corrected chi connectivity index (χ1v) is 11.6. The lowest BCUT2D eigenvalue weighted by Crippen LogP contribution is -2.41. The lowest BCUT2D eigenvalue weighted by atomic mass is 10.3. The Hall–Kier alpha value is -5.17. The molecule has 3 aliphatic rings. The number of carbonyl (C=O) groups is 3. The van der Waals surface area contributed by atoms with Crippen LogP contribution in [-0.2, 0) is 14.3 Å². The summed E-state index contributed by atoms with van der Waals surface area (Å²) in [5, 5.41) is 32.6. The summed E-state index contributed by atoms with van der Waals surface area (Å²) in [5.74, 6) is -0.948. The average molecular weight is 562 g/mol. The number of ether oxygens (including phenoxy) is 2. The zero-order valence-corrected chi connectivity index (χ0v) is 20.6. The van der Waals surface area contributed by atoms with E-state index in [2.05, 4.69) is 15.1 Å². The fourth-order valence-corrected chi connectivity index (χ4v) is 3.57. The Balaban J connectivity index is 0.000000194. The number of urea groups is 1. The molecule has 40 heavy (non-hydrogen) atoms. The predicted octanol–water partition coefficient (Wildman–Crippen LogP) is 0.748. The van der Waals surface area contributed by atoms with E-state index in [4.69, 9.17) is 18.3 Å². The second-order valence-corrected chi connectivity index (χ2v) is 8.27. The van der Waals surface area contributed by atoms with E-state index >= 15 is 0 Å². The van der Waals surface area contributed by atoms with Crippen molar-refractivity contribution in [3.63, 3.8) is 0 Å². The Morgan fingerprint density at radius 2 is 1.50 bits per heavy atom. The van der Waals surface area contributed by atoms with Gasteiger partial charge in [-0.2, -0.15) is 15.2 Å². The number of nitro groups is 2. The molecule has 3 fully saturated rings. The molecule has 3 saturated heterocycles. The molecule has 212 valence electrons. The third-order valence-corrected chi connectivity index (χ3v) is 5.43. The summed E-state index contributed by atoms with van der Waals surface area (Å²) in [4.78, 5) is 55.3. The number of hydrogen-bond acceptors (Lipinski definition) is 14. The molecule has 1 unspecified atom stereocenters. The maximum absolute atomic E-state index is 11.8. The van der Waals surface area contributed by atoms with Crippen molar-refractivity contribution in [3.8, 4) is 0 Å². The number of cyclic esters (lactones) is 1. The highest BCUT2D eigenvalue weighted by Gasteiger charge is 2.33. The van der Waals surface area contributed by atoms with Crippen LogP contribution in [0.4, 0.5) is 21.4 Å². The first-order chi connectivity index (χ1) is 19.2. The van der Waals surface area contributed by atoms with Crippen LogP contribution in [0.25, 0.3) is 0 Å². The summed E-state index contributed by atoms with van der Waals surface area (Å²) in [6, 6.07) is 4.49. The molecule has 0 spiro atoms. The molecule has 4 amide bonds. The molecule has 0 aromatic carbocycles. The van der Waals surface area contributed by atoms with Gasteiger partial charge >= 0.3 is 23.9 Å². The highest BCUT2D eigenvalue weighted by Crippen LogP contribution is 2.17. The van der Waals surface area contributed by atoms with Crippen molar-refractivity contribution in [1.29, 1.82) is 0 Å².